The lowest BCUT2D eigenvalue weighted by Crippen LogP contribution is -2.61. The van der Waals surface area contributed by atoms with Crippen LogP contribution in [-0.2, 0) is 6.18 Å². The first kappa shape index (κ1) is 12.2. The monoisotopic (exact) mass is 245 g/mol. The molecule has 2 rings (SSSR count). The van der Waals surface area contributed by atoms with E-state index in [2.05, 4.69) is 4.90 Å². The molecule has 1 aliphatic heterocycles. The van der Waals surface area contributed by atoms with E-state index >= 15 is 0 Å². The molecule has 0 aromatic heterocycles. The molecule has 0 N–H and O–H groups in total. The van der Waals surface area contributed by atoms with Crippen molar-refractivity contribution >= 4 is 0 Å². The fourth-order valence-electron chi connectivity index (χ4n) is 2.16. The first-order valence-electron chi connectivity index (χ1n) is 5.33. The zero-order valence-electron chi connectivity index (χ0n) is 9.71. The molecule has 0 unspecified atom stereocenters. The van der Waals surface area contributed by atoms with Crippen LogP contribution in [0.15, 0.2) is 24.3 Å². The smallest absolute Gasteiger partial charge is 0.416 e. The predicted octanol–water partition coefficient (Wildman–Crippen LogP) is 2.79. The molecule has 94 valence electrons. The summed E-state index contributed by atoms with van der Waals surface area (Å²) in [5.41, 5.74) is -0.935. The summed E-state index contributed by atoms with van der Waals surface area (Å²) in [5, 5.41) is 0. The standard InChI is InChI=1S/C12H14F3NO/c1-11(7-16(2)8-11)17-10-5-3-9(4-6-10)12(13,14)15/h3-6H,7-8H2,1-2H3. The van der Waals surface area contributed by atoms with Crippen molar-refractivity contribution in [1.29, 1.82) is 0 Å². The van der Waals surface area contributed by atoms with Crippen LogP contribution >= 0.6 is 0 Å². The number of halogens is 3. The maximum Gasteiger partial charge on any atom is 0.416 e. The molecule has 0 bridgehead atoms. The normalized spacial score (nSPS) is 19.8. The van der Waals surface area contributed by atoms with Crippen LogP contribution in [0.1, 0.15) is 12.5 Å². The molecule has 1 saturated heterocycles. The van der Waals surface area contributed by atoms with E-state index in [-0.39, 0.29) is 5.60 Å². The highest BCUT2D eigenvalue weighted by atomic mass is 19.4. The Morgan fingerprint density at radius 3 is 2.12 bits per heavy atom. The predicted molar refractivity (Wildman–Crippen MR) is 58.0 cm³/mol. The number of hydrogen-bond acceptors (Lipinski definition) is 2. The van der Waals surface area contributed by atoms with Crippen LogP contribution < -0.4 is 4.74 Å². The zero-order chi connectivity index (χ0) is 12.7. The van der Waals surface area contributed by atoms with Crippen LogP contribution in [0.2, 0.25) is 0 Å². The first-order valence-corrected chi connectivity index (χ1v) is 5.33. The van der Waals surface area contributed by atoms with Gasteiger partial charge in [-0.2, -0.15) is 13.2 Å². The summed E-state index contributed by atoms with van der Waals surface area (Å²) in [5.74, 6) is 0.480. The van der Waals surface area contributed by atoms with E-state index in [4.69, 9.17) is 4.74 Å². The van der Waals surface area contributed by atoms with Crippen LogP contribution in [0, 0.1) is 0 Å². The SMILES string of the molecule is CN1CC(C)(Oc2ccc(C(F)(F)F)cc2)C1. The van der Waals surface area contributed by atoms with Crippen LogP contribution in [0.3, 0.4) is 0 Å². The van der Waals surface area contributed by atoms with Crippen molar-refractivity contribution in [2.75, 3.05) is 20.1 Å². The highest BCUT2D eigenvalue weighted by molar-refractivity contribution is 5.29. The minimum atomic E-state index is -4.29. The van der Waals surface area contributed by atoms with Crippen molar-refractivity contribution in [3.63, 3.8) is 0 Å². The van der Waals surface area contributed by atoms with E-state index < -0.39 is 11.7 Å². The highest BCUT2D eigenvalue weighted by Gasteiger charge is 2.38. The summed E-state index contributed by atoms with van der Waals surface area (Å²) in [6.45, 7) is 3.52. The maximum atomic E-state index is 12.3. The zero-order valence-corrected chi connectivity index (χ0v) is 9.71. The van der Waals surface area contributed by atoms with Crippen LogP contribution in [0.5, 0.6) is 5.75 Å². The molecule has 0 saturated carbocycles. The van der Waals surface area contributed by atoms with Gasteiger partial charge in [0.15, 0.2) is 0 Å². The number of likely N-dealkylation sites (tertiary alicyclic amines) is 1. The van der Waals surface area contributed by atoms with Gasteiger partial charge in [0.05, 0.1) is 5.56 Å². The fraction of sp³-hybridized carbons (Fsp3) is 0.500. The summed E-state index contributed by atoms with van der Waals surface area (Å²) in [6, 6.07) is 4.82. The number of nitrogens with zero attached hydrogens (tertiary/aromatic N) is 1. The highest BCUT2D eigenvalue weighted by Crippen LogP contribution is 2.32. The van der Waals surface area contributed by atoms with E-state index in [1.807, 2.05) is 14.0 Å². The van der Waals surface area contributed by atoms with Gasteiger partial charge in [0.1, 0.15) is 11.4 Å². The van der Waals surface area contributed by atoms with Crippen LogP contribution in [0.4, 0.5) is 13.2 Å². The number of benzene rings is 1. The molecule has 2 nitrogen and oxygen atoms in total. The van der Waals surface area contributed by atoms with Gasteiger partial charge in [-0.3, -0.25) is 4.90 Å². The summed E-state index contributed by atoms with van der Waals surface area (Å²) in [7, 11) is 1.97. The molecule has 0 amide bonds. The number of alkyl halides is 3. The number of likely N-dealkylation sites (N-methyl/N-ethyl adjacent to an activating group) is 1. The third-order valence-corrected chi connectivity index (χ3v) is 2.75. The Kier molecular flexibility index (Phi) is 2.81. The molecular weight excluding hydrogens is 231 g/mol. The average molecular weight is 245 g/mol. The molecule has 0 aliphatic carbocycles. The van der Waals surface area contributed by atoms with Crippen molar-refractivity contribution in [2.45, 2.75) is 18.7 Å². The van der Waals surface area contributed by atoms with Crippen LogP contribution in [-0.4, -0.2) is 30.6 Å². The Balaban J connectivity index is 2.04. The van der Waals surface area contributed by atoms with E-state index in [0.29, 0.717) is 5.75 Å². The molecule has 1 aliphatic rings. The van der Waals surface area contributed by atoms with Gasteiger partial charge in [-0.1, -0.05) is 0 Å². The number of rotatable bonds is 2. The number of ether oxygens (including phenoxy) is 1. The van der Waals surface area contributed by atoms with Crippen molar-refractivity contribution in [2.24, 2.45) is 0 Å². The molecule has 1 aromatic carbocycles. The second-order valence-electron chi connectivity index (χ2n) is 4.75. The largest absolute Gasteiger partial charge is 0.485 e. The molecule has 1 fully saturated rings. The van der Waals surface area contributed by atoms with E-state index in [0.717, 1.165) is 25.2 Å². The Bertz CT molecular complexity index is 393. The first-order chi connectivity index (χ1) is 7.78. The topological polar surface area (TPSA) is 12.5 Å². The van der Waals surface area contributed by atoms with E-state index in [1.165, 1.54) is 12.1 Å². The minimum Gasteiger partial charge on any atom is -0.485 e. The Hall–Kier alpha value is -1.23. The molecule has 0 atom stereocenters. The lowest BCUT2D eigenvalue weighted by atomic mass is 9.97. The van der Waals surface area contributed by atoms with Gasteiger partial charge in [0.25, 0.3) is 0 Å². The van der Waals surface area contributed by atoms with Crippen molar-refractivity contribution in [3.05, 3.63) is 29.8 Å². The minimum absolute atomic E-state index is 0.283. The molecule has 0 spiro atoms. The summed E-state index contributed by atoms with van der Waals surface area (Å²) in [4.78, 5) is 2.09. The van der Waals surface area contributed by atoms with Gasteiger partial charge in [0, 0.05) is 13.1 Å². The fourth-order valence-corrected chi connectivity index (χ4v) is 2.16. The van der Waals surface area contributed by atoms with Crippen LogP contribution in [0.25, 0.3) is 0 Å². The van der Waals surface area contributed by atoms with Gasteiger partial charge >= 0.3 is 6.18 Å². The molecule has 1 aromatic rings. The van der Waals surface area contributed by atoms with E-state index in [9.17, 15) is 13.2 Å². The summed E-state index contributed by atoms with van der Waals surface area (Å²) < 4.78 is 42.7. The lowest BCUT2D eigenvalue weighted by molar-refractivity contribution is -0.137. The third-order valence-electron chi connectivity index (χ3n) is 2.75. The second kappa shape index (κ2) is 3.91. The Labute approximate surface area is 98.0 Å². The molecule has 17 heavy (non-hydrogen) atoms. The van der Waals surface area contributed by atoms with Gasteiger partial charge < -0.3 is 4.74 Å². The third kappa shape index (κ3) is 2.72. The summed E-state index contributed by atoms with van der Waals surface area (Å²) >= 11 is 0. The van der Waals surface area contributed by atoms with E-state index in [1.54, 1.807) is 0 Å². The van der Waals surface area contributed by atoms with Crippen molar-refractivity contribution in [1.82, 2.24) is 4.90 Å². The summed E-state index contributed by atoms with van der Waals surface area (Å²) in [6.07, 6.45) is -4.29. The molecule has 0 radical (unpaired) electrons. The van der Waals surface area contributed by atoms with Crippen molar-refractivity contribution < 1.29 is 17.9 Å². The second-order valence-corrected chi connectivity index (χ2v) is 4.75. The van der Waals surface area contributed by atoms with Gasteiger partial charge in [-0.05, 0) is 38.2 Å². The molecule has 5 heteroatoms. The quantitative estimate of drug-likeness (QED) is 0.794. The van der Waals surface area contributed by atoms with Gasteiger partial charge in [0.2, 0.25) is 0 Å². The van der Waals surface area contributed by atoms with Gasteiger partial charge in [-0.15, -0.1) is 0 Å². The Morgan fingerprint density at radius 1 is 1.18 bits per heavy atom. The number of hydrogen-bond donors (Lipinski definition) is 0. The molecule has 1 heterocycles. The maximum absolute atomic E-state index is 12.3. The Morgan fingerprint density at radius 2 is 1.71 bits per heavy atom. The van der Waals surface area contributed by atoms with Gasteiger partial charge in [-0.25, -0.2) is 0 Å². The average Bonchev–Trinajstić information content (AvgIpc) is 2.14. The lowest BCUT2D eigenvalue weighted by Gasteiger charge is -2.45. The van der Waals surface area contributed by atoms with Crippen molar-refractivity contribution in [3.8, 4) is 5.75 Å². The molecular formula is C12H14F3NO.